The van der Waals surface area contributed by atoms with Crippen LogP contribution in [0.4, 0.5) is 0 Å². The average Bonchev–Trinajstić information content (AvgIpc) is 1.25. The van der Waals surface area contributed by atoms with Crippen LogP contribution in [0.1, 0.15) is 0 Å². The third-order valence-corrected chi connectivity index (χ3v) is 0. The first-order chi connectivity index (χ1) is 3.46. The van der Waals surface area contributed by atoms with E-state index in [-0.39, 0.29) is 21.1 Å². The van der Waals surface area contributed by atoms with E-state index in [1.165, 1.54) is 0 Å². The van der Waals surface area contributed by atoms with Crippen molar-refractivity contribution in [2.24, 2.45) is 0 Å². The van der Waals surface area contributed by atoms with Gasteiger partial charge in [-0.3, -0.25) is 0 Å². The summed E-state index contributed by atoms with van der Waals surface area (Å²) < 4.78 is 51.4. The van der Waals surface area contributed by atoms with Gasteiger partial charge in [-0.25, -0.2) is 0 Å². The molecule has 0 fully saturated rings. The number of rotatable bonds is 0. The van der Waals surface area contributed by atoms with E-state index in [9.17, 15) is 0 Å². The molecule has 0 amide bonds. The van der Waals surface area contributed by atoms with Crippen LogP contribution in [0.3, 0.4) is 0 Å². The largest absolute Gasteiger partial charge is 0 e. The molecule has 0 rings (SSSR count). The monoisotopic (exact) mass is 441 g/mol. The smallest absolute Gasteiger partial charge is 0 e. The zero-order chi connectivity index (χ0) is 7.15. The molecule has 0 aliphatic rings. The summed E-state index contributed by atoms with van der Waals surface area (Å²) in [6.07, 6.45) is 0. The predicted octanol–water partition coefficient (Wildman–Crippen LogP) is -7.90. The van der Waals surface area contributed by atoms with Crippen molar-refractivity contribution >= 4 is 31.4 Å². The molecule has 0 aliphatic carbocycles. The summed E-state index contributed by atoms with van der Waals surface area (Å²) in [6.45, 7) is 0. The molecule has 62 valence electrons. The Morgan fingerprint density at radius 3 is 0.556 bits per heavy atom. The molecular formula is As2O6Pt-6. The average molecular weight is 441 g/mol. The Morgan fingerprint density at radius 1 is 0.556 bits per heavy atom. The van der Waals surface area contributed by atoms with Gasteiger partial charge in [0.05, 0.1) is 0 Å². The Hall–Kier alpha value is 1.57. The van der Waals surface area contributed by atoms with E-state index in [4.69, 9.17) is 24.6 Å². The molecule has 0 aromatic heterocycles. The van der Waals surface area contributed by atoms with Crippen LogP contribution in [-0.2, 0) is 21.1 Å². The first-order valence-corrected chi connectivity index (χ1v) is 5.69. The molecule has 0 saturated carbocycles. The van der Waals surface area contributed by atoms with Gasteiger partial charge in [0.1, 0.15) is 0 Å². The van der Waals surface area contributed by atoms with Gasteiger partial charge in [0.2, 0.25) is 0 Å². The van der Waals surface area contributed by atoms with Crippen molar-refractivity contribution < 1.29 is 45.6 Å². The molecular weight excluding hydrogens is 441 g/mol. The van der Waals surface area contributed by atoms with Crippen molar-refractivity contribution in [2.45, 2.75) is 0 Å². The minimum absolute atomic E-state index is 0. The van der Waals surface area contributed by atoms with Crippen molar-refractivity contribution in [1.82, 2.24) is 0 Å². The van der Waals surface area contributed by atoms with Gasteiger partial charge in [-0.15, -0.1) is 0 Å². The van der Waals surface area contributed by atoms with Gasteiger partial charge in [0.15, 0.2) is 0 Å². The van der Waals surface area contributed by atoms with Crippen molar-refractivity contribution in [3.8, 4) is 0 Å². The molecule has 0 aliphatic heterocycles. The molecule has 9 heteroatoms. The molecule has 9 heavy (non-hydrogen) atoms. The Morgan fingerprint density at radius 2 is 0.556 bits per heavy atom. The molecule has 0 bridgehead atoms. The summed E-state index contributed by atoms with van der Waals surface area (Å²) in [6, 6.07) is 0. The van der Waals surface area contributed by atoms with Crippen molar-refractivity contribution in [2.75, 3.05) is 0 Å². The van der Waals surface area contributed by atoms with Gasteiger partial charge in [0, 0.05) is 21.1 Å². The van der Waals surface area contributed by atoms with Gasteiger partial charge >= 0.3 is 55.9 Å². The summed E-state index contributed by atoms with van der Waals surface area (Å²) in [4.78, 5) is 0. The fraction of sp³-hybridized carbons (Fsp3) is 0. The topological polar surface area (TPSA) is 138 Å². The molecule has 0 radical (unpaired) electrons. The fourth-order valence-electron chi connectivity index (χ4n) is 0. The third-order valence-electron chi connectivity index (χ3n) is 0. The molecule has 0 heterocycles. The number of hydrogen-bond acceptors (Lipinski definition) is 6. The van der Waals surface area contributed by atoms with E-state index in [0.29, 0.717) is 0 Å². The maximum atomic E-state index is 8.56. The van der Waals surface area contributed by atoms with Crippen LogP contribution in [0, 0.1) is 0 Å². The SMILES string of the molecule is [O-][As]([O-])[O-].[O-][As]([O-])[O-].[Pt]. The van der Waals surface area contributed by atoms with Gasteiger partial charge in [-0.1, -0.05) is 0 Å². The van der Waals surface area contributed by atoms with E-state index in [0.717, 1.165) is 0 Å². The fourth-order valence-corrected chi connectivity index (χ4v) is 0. The zero-order valence-electron chi connectivity index (χ0n) is 3.66. The normalized spacial score (nSPS) is 8.00. The molecule has 0 atom stereocenters. The molecule has 0 spiro atoms. The standard InChI is InChI=1S/2AsO3.Pt/c2*2-1(3)4;/q2*-3;. The van der Waals surface area contributed by atoms with Crippen LogP contribution in [0.25, 0.3) is 0 Å². The van der Waals surface area contributed by atoms with Gasteiger partial charge < -0.3 is 0 Å². The van der Waals surface area contributed by atoms with E-state index in [1.807, 2.05) is 0 Å². The molecule has 0 aromatic rings. The third kappa shape index (κ3) is 223. The maximum absolute atomic E-state index is 8.56. The van der Waals surface area contributed by atoms with Gasteiger partial charge in [-0.05, 0) is 0 Å². The predicted molar refractivity (Wildman–Crippen MR) is 11.5 cm³/mol. The second kappa shape index (κ2) is 12.3. The van der Waals surface area contributed by atoms with Crippen LogP contribution in [-0.4, -0.2) is 31.4 Å². The Balaban J connectivity index is -0.0000000720. The molecule has 0 N–H and O–H groups in total. The Bertz CT molecular complexity index is 26.5. The van der Waals surface area contributed by atoms with Crippen LogP contribution < -0.4 is 24.6 Å². The quantitative estimate of drug-likeness (QED) is 0.343. The molecule has 0 saturated heterocycles. The van der Waals surface area contributed by atoms with E-state index in [1.54, 1.807) is 0 Å². The zero-order valence-corrected chi connectivity index (χ0v) is 9.69. The summed E-state index contributed by atoms with van der Waals surface area (Å²) >= 11 is -7.88. The van der Waals surface area contributed by atoms with Crippen molar-refractivity contribution in [3.05, 3.63) is 0 Å². The van der Waals surface area contributed by atoms with Crippen LogP contribution in [0.2, 0.25) is 0 Å². The van der Waals surface area contributed by atoms with Gasteiger partial charge in [-0.2, -0.15) is 0 Å². The Kier molecular flexibility index (Phi) is 23.0. The molecule has 0 unspecified atom stereocenters. The van der Waals surface area contributed by atoms with Crippen LogP contribution >= 0.6 is 0 Å². The maximum Gasteiger partial charge on any atom is 0 e. The summed E-state index contributed by atoms with van der Waals surface area (Å²) in [5.41, 5.74) is 0. The van der Waals surface area contributed by atoms with E-state index >= 15 is 0 Å². The summed E-state index contributed by atoms with van der Waals surface area (Å²) in [5.74, 6) is 0. The first kappa shape index (κ1) is 16.9. The first-order valence-electron chi connectivity index (χ1n) is 1.10. The van der Waals surface area contributed by atoms with Crippen molar-refractivity contribution in [3.63, 3.8) is 0 Å². The second-order valence-corrected chi connectivity index (χ2v) is 2.32. The Labute approximate surface area is 76.7 Å². The molecule has 0 aromatic carbocycles. The van der Waals surface area contributed by atoms with E-state index < -0.39 is 31.4 Å². The van der Waals surface area contributed by atoms with Crippen LogP contribution in [0.15, 0.2) is 0 Å². The van der Waals surface area contributed by atoms with Crippen molar-refractivity contribution in [1.29, 1.82) is 0 Å². The summed E-state index contributed by atoms with van der Waals surface area (Å²) in [5, 5.41) is 0. The molecule has 6 nitrogen and oxygen atoms in total. The van der Waals surface area contributed by atoms with E-state index in [2.05, 4.69) is 0 Å². The van der Waals surface area contributed by atoms with Gasteiger partial charge in [0.25, 0.3) is 0 Å². The van der Waals surface area contributed by atoms with Crippen LogP contribution in [0.5, 0.6) is 0 Å². The second-order valence-electron chi connectivity index (χ2n) is 0.447. The minimum atomic E-state index is -3.94. The summed E-state index contributed by atoms with van der Waals surface area (Å²) in [7, 11) is 0. The minimum Gasteiger partial charge on any atom is 0 e. The number of hydrogen-bond donors (Lipinski definition) is 0.